The minimum Gasteiger partial charge on any atom is -0.342 e. The van der Waals surface area contributed by atoms with E-state index in [0.717, 1.165) is 45.7 Å². The quantitative estimate of drug-likeness (QED) is 0.714. The van der Waals surface area contributed by atoms with E-state index in [-0.39, 0.29) is 5.91 Å². The van der Waals surface area contributed by atoms with Gasteiger partial charge in [-0.25, -0.2) is 0 Å². The van der Waals surface area contributed by atoms with Gasteiger partial charge in [-0.2, -0.15) is 0 Å². The van der Waals surface area contributed by atoms with Crippen molar-refractivity contribution in [3.8, 4) is 0 Å². The molecule has 0 saturated carbocycles. The lowest BCUT2D eigenvalue weighted by atomic mass is 10.0. The molecule has 2 aliphatic rings. The number of rotatable bonds is 3. The molecule has 0 aromatic heterocycles. The van der Waals surface area contributed by atoms with Gasteiger partial charge in [-0.15, -0.1) is 6.58 Å². The monoisotopic (exact) mass is 265 g/mol. The highest BCUT2D eigenvalue weighted by atomic mass is 16.2. The molecule has 2 rings (SSSR count). The summed E-state index contributed by atoms with van der Waals surface area (Å²) in [5.41, 5.74) is 0. The smallest absolute Gasteiger partial charge is 0.219 e. The Kier molecular flexibility index (Phi) is 4.99. The average Bonchev–Trinajstić information content (AvgIpc) is 2.61. The van der Waals surface area contributed by atoms with E-state index in [2.05, 4.69) is 23.3 Å². The summed E-state index contributed by atoms with van der Waals surface area (Å²) in [6, 6.07) is 0.645. The molecule has 2 aliphatic heterocycles. The third kappa shape index (κ3) is 3.57. The maximum absolute atomic E-state index is 11.5. The summed E-state index contributed by atoms with van der Waals surface area (Å²) in [6.07, 6.45) is 3.10. The molecular formula is C15H27N3O. The van der Waals surface area contributed by atoms with Crippen LogP contribution in [0.4, 0.5) is 0 Å². The van der Waals surface area contributed by atoms with Crippen LogP contribution in [0.5, 0.6) is 0 Å². The highest BCUT2D eigenvalue weighted by Gasteiger charge is 2.34. The number of hydrogen-bond donors (Lipinski definition) is 0. The molecule has 0 aliphatic carbocycles. The van der Waals surface area contributed by atoms with E-state index in [9.17, 15) is 4.79 Å². The molecule has 2 saturated heterocycles. The van der Waals surface area contributed by atoms with Crippen LogP contribution in [-0.4, -0.2) is 72.5 Å². The van der Waals surface area contributed by atoms with Gasteiger partial charge in [0.15, 0.2) is 0 Å². The van der Waals surface area contributed by atoms with Crippen LogP contribution in [-0.2, 0) is 4.79 Å². The molecule has 0 radical (unpaired) electrons. The van der Waals surface area contributed by atoms with E-state index in [4.69, 9.17) is 0 Å². The Balaban J connectivity index is 1.91. The van der Waals surface area contributed by atoms with Crippen molar-refractivity contribution in [3.63, 3.8) is 0 Å². The number of carbonyl (C=O) groups is 1. The molecule has 0 aromatic rings. The number of nitrogens with zero attached hydrogens (tertiary/aromatic N) is 3. The van der Waals surface area contributed by atoms with E-state index >= 15 is 0 Å². The maximum Gasteiger partial charge on any atom is 0.219 e. The number of hydrogen-bond acceptors (Lipinski definition) is 3. The van der Waals surface area contributed by atoms with Crippen molar-refractivity contribution in [1.82, 2.24) is 14.7 Å². The lowest BCUT2D eigenvalue weighted by Crippen LogP contribution is -2.43. The van der Waals surface area contributed by atoms with Crippen LogP contribution in [0.1, 0.15) is 20.3 Å². The molecule has 2 fully saturated rings. The Morgan fingerprint density at radius 3 is 2.74 bits per heavy atom. The topological polar surface area (TPSA) is 26.8 Å². The molecule has 2 heterocycles. The van der Waals surface area contributed by atoms with Crippen molar-refractivity contribution >= 4 is 5.91 Å². The molecule has 1 amide bonds. The van der Waals surface area contributed by atoms with E-state index in [1.807, 2.05) is 11.0 Å². The Morgan fingerprint density at radius 1 is 1.26 bits per heavy atom. The number of amides is 1. The zero-order valence-corrected chi connectivity index (χ0v) is 12.3. The van der Waals surface area contributed by atoms with Gasteiger partial charge in [-0.1, -0.05) is 13.0 Å². The average molecular weight is 265 g/mol. The van der Waals surface area contributed by atoms with Crippen molar-refractivity contribution in [1.29, 1.82) is 0 Å². The van der Waals surface area contributed by atoms with Crippen molar-refractivity contribution in [2.75, 3.05) is 45.8 Å². The van der Waals surface area contributed by atoms with Gasteiger partial charge in [0.25, 0.3) is 0 Å². The van der Waals surface area contributed by atoms with Gasteiger partial charge < -0.3 is 4.90 Å². The maximum atomic E-state index is 11.5. The van der Waals surface area contributed by atoms with Crippen LogP contribution in [0.3, 0.4) is 0 Å². The van der Waals surface area contributed by atoms with Crippen molar-refractivity contribution < 1.29 is 4.79 Å². The van der Waals surface area contributed by atoms with Gasteiger partial charge in [0.1, 0.15) is 0 Å². The van der Waals surface area contributed by atoms with E-state index < -0.39 is 0 Å². The van der Waals surface area contributed by atoms with Crippen LogP contribution in [0.25, 0.3) is 0 Å². The summed E-state index contributed by atoms with van der Waals surface area (Å²) >= 11 is 0. The Labute approximate surface area is 117 Å². The molecule has 0 aromatic carbocycles. The van der Waals surface area contributed by atoms with E-state index in [0.29, 0.717) is 12.0 Å². The Bertz CT molecular complexity index is 331. The summed E-state index contributed by atoms with van der Waals surface area (Å²) in [4.78, 5) is 18.5. The van der Waals surface area contributed by atoms with Crippen LogP contribution < -0.4 is 0 Å². The third-order valence-corrected chi connectivity index (χ3v) is 4.48. The van der Waals surface area contributed by atoms with Crippen LogP contribution >= 0.6 is 0 Å². The van der Waals surface area contributed by atoms with Crippen LogP contribution in [0.15, 0.2) is 12.7 Å². The van der Waals surface area contributed by atoms with Crippen molar-refractivity contribution in [3.05, 3.63) is 12.7 Å². The molecule has 2 atom stereocenters. The zero-order valence-electron chi connectivity index (χ0n) is 12.3. The second kappa shape index (κ2) is 6.53. The molecule has 4 nitrogen and oxygen atoms in total. The predicted molar refractivity (Wildman–Crippen MR) is 78.0 cm³/mol. The second-order valence-corrected chi connectivity index (χ2v) is 5.95. The summed E-state index contributed by atoms with van der Waals surface area (Å²) in [5.74, 6) is 0.929. The summed E-state index contributed by atoms with van der Waals surface area (Å²) in [6.45, 7) is 15.1. The molecule has 4 heteroatoms. The largest absolute Gasteiger partial charge is 0.342 e. The van der Waals surface area contributed by atoms with Crippen molar-refractivity contribution in [2.45, 2.75) is 26.3 Å². The molecule has 2 unspecified atom stereocenters. The highest BCUT2D eigenvalue weighted by Crippen LogP contribution is 2.22. The minimum absolute atomic E-state index is 0.217. The Morgan fingerprint density at radius 2 is 2.05 bits per heavy atom. The van der Waals surface area contributed by atoms with Crippen molar-refractivity contribution in [2.24, 2.45) is 5.92 Å². The summed E-state index contributed by atoms with van der Waals surface area (Å²) in [5, 5.41) is 0. The fourth-order valence-corrected chi connectivity index (χ4v) is 3.44. The third-order valence-electron chi connectivity index (χ3n) is 4.48. The lowest BCUT2D eigenvalue weighted by molar-refractivity contribution is -0.128. The molecule has 0 bridgehead atoms. The minimum atomic E-state index is 0.217. The van der Waals surface area contributed by atoms with Gasteiger partial charge in [0.2, 0.25) is 5.91 Å². The fraction of sp³-hybridized carbons (Fsp3) is 0.800. The van der Waals surface area contributed by atoms with Crippen LogP contribution in [0.2, 0.25) is 0 Å². The van der Waals surface area contributed by atoms with Gasteiger partial charge in [-0.05, 0) is 12.3 Å². The first-order chi connectivity index (χ1) is 9.11. The Hall–Kier alpha value is -0.870. The van der Waals surface area contributed by atoms with Gasteiger partial charge in [0, 0.05) is 58.8 Å². The normalized spacial score (nSPS) is 30.3. The first-order valence-corrected chi connectivity index (χ1v) is 7.44. The summed E-state index contributed by atoms with van der Waals surface area (Å²) < 4.78 is 0. The zero-order chi connectivity index (χ0) is 13.8. The highest BCUT2D eigenvalue weighted by molar-refractivity contribution is 5.73. The SMILES string of the molecule is C=CCN1CC(C)C(N2CCCN(C(C)=O)CC2)C1. The van der Waals surface area contributed by atoms with Gasteiger partial charge in [-0.3, -0.25) is 14.6 Å². The fourth-order valence-electron chi connectivity index (χ4n) is 3.44. The standard InChI is InChI=1S/C15H27N3O/c1-4-6-16-11-13(2)15(12-16)18-8-5-7-17(9-10-18)14(3)19/h4,13,15H,1,5-12H2,2-3H3. The van der Waals surface area contributed by atoms with E-state index in [1.165, 1.54) is 6.54 Å². The number of likely N-dealkylation sites (tertiary alicyclic amines) is 1. The van der Waals surface area contributed by atoms with Gasteiger partial charge >= 0.3 is 0 Å². The molecule has 0 N–H and O–H groups in total. The second-order valence-electron chi connectivity index (χ2n) is 5.95. The first-order valence-electron chi connectivity index (χ1n) is 7.44. The molecule has 19 heavy (non-hydrogen) atoms. The predicted octanol–water partition coefficient (Wildman–Crippen LogP) is 1.05. The summed E-state index contributed by atoms with van der Waals surface area (Å²) in [7, 11) is 0. The molecule has 108 valence electrons. The molecular weight excluding hydrogens is 238 g/mol. The van der Waals surface area contributed by atoms with Gasteiger partial charge in [0.05, 0.1) is 0 Å². The first kappa shape index (κ1) is 14.5. The van der Waals surface area contributed by atoms with Crippen LogP contribution in [0, 0.1) is 5.92 Å². The van der Waals surface area contributed by atoms with E-state index in [1.54, 1.807) is 6.92 Å². The number of carbonyl (C=O) groups excluding carboxylic acids is 1. The molecule has 0 spiro atoms. The lowest BCUT2D eigenvalue weighted by Gasteiger charge is -2.30.